The van der Waals surface area contributed by atoms with E-state index in [9.17, 15) is 4.39 Å². The van der Waals surface area contributed by atoms with E-state index in [1.165, 1.54) is 12.8 Å². The van der Waals surface area contributed by atoms with Crippen LogP contribution in [0.1, 0.15) is 24.0 Å². The molecule has 0 spiro atoms. The molecule has 0 bridgehead atoms. The minimum absolute atomic E-state index is 0.101. The first kappa shape index (κ1) is 11.4. The minimum Gasteiger partial charge on any atom is -0.369 e. The highest BCUT2D eigenvalue weighted by molar-refractivity contribution is 5.52. The van der Waals surface area contributed by atoms with Crippen molar-refractivity contribution in [3.8, 4) is 0 Å². The summed E-state index contributed by atoms with van der Waals surface area (Å²) in [5, 5.41) is 0. The summed E-state index contributed by atoms with van der Waals surface area (Å²) in [6.45, 7) is 4.56. The number of nitrogens with two attached hydrogens (primary N) is 1. The van der Waals surface area contributed by atoms with E-state index < -0.39 is 0 Å². The molecule has 2 N–H and O–H groups in total. The highest BCUT2D eigenvalue weighted by Crippen LogP contribution is 2.26. The van der Waals surface area contributed by atoms with E-state index in [2.05, 4.69) is 4.90 Å². The minimum atomic E-state index is -0.101. The maximum Gasteiger partial charge on any atom is 0.146 e. The first-order valence-corrected chi connectivity index (χ1v) is 5.96. The van der Waals surface area contributed by atoms with Crippen molar-refractivity contribution in [1.82, 2.24) is 0 Å². The third-order valence-electron chi connectivity index (χ3n) is 3.27. The molecule has 0 amide bonds. The standard InChI is InChI=1S/C13H19FN2/c1-10-8-13(16-6-2-3-7-16)12(14)9-11(10)4-5-15/h8-9H,2-7,15H2,1H3. The Hall–Kier alpha value is -1.09. The molecule has 88 valence electrons. The zero-order valence-electron chi connectivity index (χ0n) is 9.80. The molecular formula is C13H19FN2. The Kier molecular flexibility index (Phi) is 3.44. The Morgan fingerprint density at radius 1 is 1.31 bits per heavy atom. The summed E-state index contributed by atoms with van der Waals surface area (Å²) < 4.78 is 13.9. The molecule has 16 heavy (non-hydrogen) atoms. The van der Waals surface area contributed by atoms with E-state index in [-0.39, 0.29) is 5.82 Å². The second-order valence-corrected chi connectivity index (χ2v) is 4.46. The summed E-state index contributed by atoms with van der Waals surface area (Å²) in [6.07, 6.45) is 3.09. The van der Waals surface area contributed by atoms with Gasteiger partial charge in [-0.1, -0.05) is 0 Å². The maximum atomic E-state index is 13.9. The molecule has 1 saturated heterocycles. The normalized spacial score (nSPS) is 15.8. The first-order chi connectivity index (χ1) is 7.72. The van der Waals surface area contributed by atoms with Crippen LogP contribution in [-0.4, -0.2) is 19.6 Å². The van der Waals surface area contributed by atoms with E-state index in [1.54, 1.807) is 6.07 Å². The Morgan fingerprint density at radius 3 is 2.62 bits per heavy atom. The van der Waals surface area contributed by atoms with Crippen LogP contribution >= 0.6 is 0 Å². The van der Waals surface area contributed by atoms with Gasteiger partial charge < -0.3 is 10.6 Å². The zero-order chi connectivity index (χ0) is 11.5. The van der Waals surface area contributed by atoms with Gasteiger partial charge in [0.15, 0.2) is 0 Å². The van der Waals surface area contributed by atoms with Crippen LogP contribution in [0.2, 0.25) is 0 Å². The molecule has 2 nitrogen and oxygen atoms in total. The van der Waals surface area contributed by atoms with Crippen molar-refractivity contribution >= 4 is 5.69 Å². The van der Waals surface area contributed by atoms with Crippen LogP contribution in [0.15, 0.2) is 12.1 Å². The van der Waals surface area contributed by atoms with Crippen molar-refractivity contribution in [3.05, 3.63) is 29.1 Å². The average molecular weight is 222 g/mol. The van der Waals surface area contributed by atoms with Gasteiger partial charge in [-0.3, -0.25) is 0 Å². The van der Waals surface area contributed by atoms with Crippen LogP contribution in [0.5, 0.6) is 0 Å². The van der Waals surface area contributed by atoms with Crippen molar-refractivity contribution in [2.75, 3.05) is 24.5 Å². The lowest BCUT2D eigenvalue weighted by molar-refractivity contribution is 0.620. The maximum absolute atomic E-state index is 13.9. The van der Waals surface area contributed by atoms with Gasteiger partial charge in [0.1, 0.15) is 5.82 Å². The van der Waals surface area contributed by atoms with Gasteiger partial charge in [0.25, 0.3) is 0 Å². The molecular weight excluding hydrogens is 203 g/mol. The van der Waals surface area contributed by atoms with Gasteiger partial charge in [0, 0.05) is 13.1 Å². The van der Waals surface area contributed by atoms with Crippen molar-refractivity contribution in [2.45, 2.75) is 26.2 Å². The highest BCUT2D eigenvalue weighted by atomic mass is 19.1. The molecule has 1 aliphatic rings. The predicted octanol–water partition coefficient (Wildman–Crippen LogP) is 2.24. The Labute approximate surface area is 96.2 Å². The molecule has 0 aromatic heterocycles. The van der Waals surface area contributed by atoms with Gasteiger partial charge in [-0.25, -0.2) is 4.39 Å². The summed E-state index contributed by atoms with van der Waals surface area (Å²) in [6, 6.07) is 3.61. The van der Waals surface area contributed by atoms with Crippen LogP contribution in [0.4, 0.5) is 10.1 Å². The number of hydrogen-bond donors (Lipinski definition) is 1. The molecule has 0 unspecified atom stereocenters. The van der Waals surface area contributed by atoms with E-state index in [0.717, 1.165) is 36.3 Å². The molecule has 1 aromatic carbocycles. The number of aryl methyl sites for hydroxylation is 1. The van der Waals surface area contributed by atoms with E-state index in [4.69, 9.17) is 5.73 Å². The van der Waals surface area contributed by atoms with Crippen molar-refractivity contribution in [1.29, 1.82) is 0 Å². The molecule has 1 aromatic rings. The number of anilines is 1. The number of hydrogen-bond acceptors (Lipinski definition) is 2. The summed E-state index contributed by atoms with van der Waals surface area (Å²) in [7, 11) is 0. The second-order valence-electron chi connectivity index (χ2n) is 4.46. The largest absolute Gasteiger partial charge is 0.369 e. The Balaban J connectivity index is 2.29. The van der Waals surface area contributed by atoms with Crippen LogP contribution in [-0.2, 0) is 6.42 Å². The van der Waals surface area contributed by atoms with Crippen molar-refractivity contribution in [2.24, 2.45) is 5.73 Å². The summed E-state index contributed by atoms with van der Waals surface area (Å²) in [5.74, 6) is -0.101. The lowest BCUT2D eigenvalue weighted by Gasteiger charge is -2.20. The van der Waals surface area contributed by atoms with Crippen LogP contribution in [0.3, 0.4) is 0 Å². The SMILES string of the molecule is Cc1cc(N2CCCC2)c(F)cc1CCN. The van der Waals surface area contributed by atoms with Gasteiger partial charge in [-0.15, -0.1) is 0 Å². The quantitative estimate of drug-likeness (QED) is 0.849. The summed E-state index contributed by atoms with van der Waals surface area (Å²) in [4.78, 5) is 2.13. The fourth-order valence-corrected chi connectivity index (χ4v) is 2.33. The molecule has 0 atom stereocenters. The number of nitrogens with zero attached hydrogens (tertiary/aromatic N) is 1. The Morgan fingerprint density at radius 2 is 2.00 bits per heavy atom. The van der Waals surface area contributed by atoms with Gasteiger partial charge in [-0.2, -0.15) is 0 Å². The van der Waals surface area contributed by atoms with Gasteiger partial charge >= 0.3 is 0 Å². The van der Waals surface area contributed by atoms with Crippen LogP contribution in [0, 0.1) is 12.7 Å². The van der Waals surface area contributed by atoms with E-state index >= 15 is 0 Å². The van der Waals surface area contributed by atoms with Gasteiger partial charge in [0.2, 0.25) is 0 Å². The third-order valence-corrected chi connectivity index (χ3v) is 3.27. The molecule has 3 heteroatoms. The second kappa shape index (κ2) is 4.83. The average Bonchev–Trinajstić information content (AvgIpc) is 2.76. The summed E-state index contributed by atoms with van der Waals surface area (Å²) in [5.41, 5.74) is 8.44. The van der Waals surface area contributed by atoms with Gasteiger partial charge in [-0.05, 0) is 56.0 Å². The predicted molar refractivity (Wildman–Crippen MR) is 65.3 cm³/mol. The molecule has 0 aliphatic carbocycles. The summed E-state index contributed by atoms with van der Waals surface area (Å²) >= 11 is 0. The Bertz CT molecular complexity index is 370. The molecule has 0 saturated carbocycles. The molecule has 2 rings (SSSR count). The highest BCUT2D eigenvalue weighted by Gasteiger charge is 2.17. The number of halogens is 1. The zero-order valence-corrected chi connectivity index (χ0v) is 9.80. The molecule has 0 radical (unpaired) electrons. The van der Waals surface area contributed by atoms with Crippen LogP contribution in [0.25, 0.3) is 0 Å². The molecule has 1 aliphatic heterocycles. The van der Waals surface area contributed by atoms with Crippen LogP contribution < -0.4 is 10.6 Å². The topological polar surface area (TPSA) is 29.3 Å². The number of benzene rings is 1. The van der Waals surface area contributed by atoms with Gasteiger partial charge in [0.05, 0.1) is 5.69 Å². The monoisotopic (exact) mass is 222 g/mol. The van der Waals surface area contributed by atoms with Crippen molar-refractivity contribution < 1.29 is 4.39 Å². The number of rotatable bonds is 3. The van der Waals surface area contributed by atoms with E-state index in [1.807, 2.05) is 13.0 Å². The first-order valence-electron chi connectivity index (χ1n) is 5.96. The van der Waals surface area contributed by atoms with E-state index in [0.29, 0.717) is 6.54 Å². The molecule has 1 heterocycles. The molecule has 1 fully saturated rings. The lowest BCUT2D eigenvalue weighted by atomic mass is 10.0. The lowest BCUT2D eigenvalue weighted by Crippen LogP contribution is -2.19. The fourth-order valence-electron chi connectivity index (χ4n) is 2.33. The fraction of sp³-hybridized carbons (Fsp3) is 0.538. The van der Waals surface area contributed by atoms with Crippen molar-refractivity contribution in [3.63, 3.8) is 0 Å². The smallest absolute Gasteiger partial charge is 0.146 e. The third kappa shape index (κ3) is 2.19.